The quantitative estimate of drug-likeness (QED) is 0.426. The zero-order valence-corrected chi connectivity index (χ0v) is 20.4. The minimum Gasteiger partial charge on any atom is -0.388 e. The van der Waals surface area contributed by atoms with E-state index in [1.54, 1.807) is 0 Å². The summed E-state index contributed by atoms with van der Waals surface area (Å²) in [7, 11) is 0. The monoisotopic (exact) mass is 491 g/mol. The Kier molecular flexibility index (Phi) is 9.61. The van der Waals surface area contributed by atoms with E-state index < -0.39 is 30.6 Å². The van der Waals surface area contributed by atoms with E-state index in [0.717, 1.165) is 16.7 Å². The summed E-state index contributed by atoms with van der Waals surface area (Å²) >= 11 is 0. The lowest BCUT2D eigenvalue weighted by Crippen LogP contribution is -2.65. The van der Waals surface area contributed by atoms with Crippen LogP contribution in [0, 0.1) is 0 Å². The number of aliphatic hydroxyl groups excluding tert-OH is 1. The van der Waals surface area contributed by atoms with E-state index in [9.17, 15) is 9.90 Å². The van der Waals surface area contributed by atoms with Crippen molar-refractivity contribution in [2.24, 2.45) is 0 Å². The van der Waals surface area contributed by atoms with Gasteiger partial charge in [-0.3, -0.25) is 4.79 Å². The first-order chi connectivity index (χ1) is 17.6. The molecule has 0 aliphatic carbocycles. The molecule has 1 saturated heterocycles. The standard InChI is InChI=1S/C29H33NO6/c1-21(31)30-26-28(34-18-23-13-7-3-8-14-23)27(32)25(20-33-17-22-11-5-2-6-12-22)36-29(26)35-19-24-15-9-4-10-16-24/h2-16,25-29,32H,17-20H2,1H3,(H,30,31)/t25-,26-,27+,28-,29+/m1/s1. The predicted molar refractivity (Wildman–Crippen MR) is 135 cm³/mol. The van der Waals surface area contributed by atoms with Gasteiger partial charge in [0.1, 0.15) is 24.4 Å². The van der Waals surface area contributed by atoms with Crippen LogP contribution in [0.15, 0.2) is 91.0 Å². The van der Waals surface area contributed by atoms with Crippen molar-refractivity contribution in [3.8, 4) is 0 Å². The molecule has 0 radical (unpaired) electrons. The molecule has 190 valence electrons. The molecule has 3 aromatic rings. The Morgan fingerprint density at radius 3 is 1.83 bits per heavy atom. The fraction of sp³-hybridized carbons (Fsp3) is 0.345. The van der Waals surface area contributed by atoms with Crippen LogP contribution in [0.1, 0.15) is 23.6 Å². The Morgan fingerprint density at radius 2 is 1.31 bits per heavy atom. The first-order valence-electron chi connectivity index (χ1n) is 12.1. The van der Waals surface area contributed by atoms with Crippen molar-refractivity contribution < 1.29 is 28.8 Å². The van der Waals surface area contributed by atoms with Crippen LogP contribution in [0.25, 0.3) is 0 Å². The summed E-state index contributed by atoms with van der Waals surface area (Å²) in [6.07, 6.45) is -3.37. The normalized spacial score (nSPS) is 23.8. The van der Waals surface area contributed by atoms with Crippen LogP contribution in [0.2, 0.25) is 0 Å². The van der Waals surface area contributed by atoms with Gasteiger partial charge in [-0.05, 0) is 16.7 Å². The zero-order chi connectivity index (χ0) is 25.2. The van der Waals surface area contributed by atoms with Crippen molar-refractivity contribution in [3.63, 3.8) is 0 Å². The van der Waals surface area contributed by atoms with E-state index in [1.165, 1.54) is 6.92 Å². The largest absolute Gasteiger partial charge is 0.388 e. The molecule has 1 aliphatic heterocycles. The Hall–Kier alpha value is -3.07. The molecule has 1 amide bonds. The van der Waals surface area contributed by atoms with Crippen molar-refractivity contribution in [2.45, 2.75) is 57.4 Å². The van der Waals surface area contributed by atoms with E-state index in [2.05, 4.69) is 5.32 Å². The highest BCUT2D eigenvalue weighted by Gasteiger charge is 2.47. The third-order valence-electron chi connectivity index (χ3n) is 5.98. The third-order valence-corrected chi connectivity index (χ3v) is 5.98. The predicted octanol–water partition coefficient (Wildman–Crippen LogP) is 3.60. The van der Waals surface area contributed by atoms with Crippen LogP contribution in [0.3, 0.4) is 0 Å². The highest BCUT2D eigenvalue weighted by Crippen LogP contribution is 2.27. The summed E-state index contributed by atoms with van der Waals surface area (Å²) < 4.78 is 24.4. The van der Waals surface area contributed by atoms with Gasteiger partial charge in [-0.2, -0.15) is 0 Å². The molecule has 1 aliphatic rings. The molecule has 4 rings (SSSR count). The number of aliphatic hydroxyl groups is 1. The van der Waals surface area contributed by atoms with Crippen molar-refractivity contribution in [2.75, 3.05) is 6.61 Å². The second-order valence-electron chi connectivity index (χ2n) is 8.82. The third kappa shape index (κ3) is 7.46. The molecule has 36 heavy (non-hydrogen) atoms. The highest BCUT2D eigenvalue weighted by atomic mass is 16.7. The molecular formula is C29H33NO6. The molecule has 1 heterocycles. The Morgan fingerprint density at radius 1 is 0.806 bits per heavy atom. The number of ether oxygens (including phenoxy) is 4. The van der Waals surface area contributed by atoms with E-state index in [4.69, 9.17) is 18.9 Å². The number of benzene rings is 3. The van der Waals surface area contributed by atoms with E-state index in [1.807, 2.05) is 91.0 Å². The van der Waals surface area contributed by atoms with Crippen molar-refractivity contribution in [1.82, 2.24) is 5.32 Å². The number of amides is 1. The fourth-order valence-electron chi connectivity index (χ4n) is 4.17. The van der Waals surface area contributed by atoms with Gasteiger partial charge in [-0.15, -0.1) is 0 Å². The number of hydrogen-bond acceptors (Lipinski definition) is 6. The van der Waals surface area contributed by atoms with Gasteiger partial charge >= 0.3 is 0 Å². The Bertz CT molecular complexity index is 1050. The van der Waals surface area contributed by atoms with E-state index >= 15 is 0 Å². The summed E-state index contributed by atoms with van der Waals surface area (Å²) in [5.41, 5.74) is 2.94. The molecule has 1 fully saturated rings. The molecule has 2 N–H and O–H groups in total. The molecule has 0 bridgehead atoms. The van der Waals surface area contributed by atoms with Crippen LogP contribution in [-0.4, -0.2) is 48.3 Å². The molecular weight excluding hydrogens is 458 g/mol. The number of carbonyl (C=O) groups is 1. The lowest BCUT2D eigenvalue weighted by Gasteiger charge is -2.44. The molecule has 0 aromatic heterocycles. The maximum atomic E-state index is 12.1. The number of carbonyl (C=O) groups excluding carboxylic acids is 1. The van der Waals surface area contributed by atoms with Gasteiger partial charge in [0.05, 0.1) is 26.4 Å². The van der Waals surface area contributed by atoms with Crippen molar-refractivity contribution in [1.29, 1.82) is 0 Å². The van der Waals surface area contributed by atoms with E-state index in [0.29, 0.717) is 6.61 Å². The minimum absolute atomic E-state index is 0.138. The van der Waals surface area contributed by atoms with Crippen LogP contribution < -0.4 is 5.32 Å². The van der Waals surface area contributed by atoms with Crippen LogP contribution in [-0.2, 0) is 43.6 Å². The van der Waals surface area contributed by atoms with Crippen molar-refractivity contribution in [3.05, 3.63) is 108 Å². The Balaban J connectivity index is 1.49. The summed E-state index contributed by atoms with van der Waals surface area (Å²) in [6.45, 7) is 2.49. The minimum atomic E-state index is -1.04. The average molecular weight is 492 g/mol. The molecule has 0 saturated carbocycles. The summed E-state index contributed by atoms with van der Waals surface area (Å²) in [5, 5.41) is 14.1. The first-order valence-corrected chi connectivity index (χ1v) is 12.1. The number of nitrogens with one attached hydrogen (secondary N) is 1. The smallest absolute Gasteiger partial charge is 0.217 e. The number of rotatable bonds is 11. The lowest BCUT2D eigenvalue weighted by molar-refractivity contribution is -0.284. The van der Waals surface area contributed by atoms with E-state index in [-0.39, 0.29) is 25.7 Å². The lowest BCUT2D eigenvalue weighted by atomic mass is 9.96. The molecule has 0 spiro atoms. The van der Waals surface area contributed by atoms with Gasteiger partial charge in [-0.25, -0.2) is 0 Å². The van der Waals surface area contributed by atoms with Gasteiger partial charge in [-0.1, -0.05) is 91.0 Å². The van der Waals surface area contributed by atoms with Crippen molar-refractivity contribution >= 4 is 5.91 Å². The Labute approximate surface area is 212 Å². The molecule has 7 nitrogen and oxygen atoms in total. The summed E-state index contributed by atoms with van der Waals surface area (Å²) in [5.74, 6) is -0.267. The maximum Gasteiger partial charge on any atom is 0.217 e. The van der Waals surface area contributed by atoms with Gasteiger partial charge in [0.15, 0.2) is 6.29 Å². The van der Waals surface area contributed by atoms with Gasteiger partial charge in [0, 0.05) is 6.92 Å². The van der Waals surface area contributed by atoms with Gasteiger partial charge in [0.25, 0.3) is 0 Å². The first kappa shape index (κ1) is 26.0. The topological polar surface area (TPSA) is 86.3 Å². The highest BCUT2D eigenvalue weighted by molar-refractivity contribution is 5.73. The number of hydrogen-bond donors (Lipinski definition) is 2. The fourth-order valence-corrected chi connectivity index (χ4v) is 4.17. The molecule has 5 atom stereocenters. The second kappa shape index (κ2) is 13.3. The van der Waals surface area contributed by atoms with Crippen LogP contribution in [0.4, 0.5) is 0 Å². The molecule has 3 aromatic carbocycles. The summed E-state index contributed by atoms with van der Waals surface area (Å²) in [4.78, 5) is 12.1. The summed E-state index contributed by atoms with van der Waals surface area (Å²) in [6, 6.07) is 28.5. The maximum absolute atomic E-state index is 12.1. The average Bonchev–Trinajstić information content (AvgIpc) is 2.90. The van der Waals surface area contributed by atoms with Crippen LogP contribution in [0.5, 0.6) is 0 Å². The van der Waals surface area contributed by atoms with Gasteiger partial charge < -0.3 is 29.4 Å². The second-order valence-corrected chi connectivity index (χ2v) is 8.82. The van der Waals surface area contributed by atoms with Gasteiger partial charge in [0.2, 0.25) is 5.91 Å². The zero-order valence-electron chi connectivity index (χ0n) is 20.4. The SMILES string of the molecule is CC(=O)N[C@H]1[C@@H](OCc2ccccc2)O[C@H](COCc2ccccc2)[C@H](O)[C@@H]1OCc1ccccc1. The molecule has 7 heteroatoms. The van der Waals surface area contributed by atoms with Crippen LogP contribution >= 0.6 is 0 Å². The molecule has 0 unspecified atom stereocenters.